The van der Waals surface area contributed by atoms with Gasteiger partial charge in [-0.1, -0.05) is 243 Å². The minimum absolute atomic E-state index is 0.697. The Balaban J connectivity index is 0.852. The van der Waals surface area contributed by atoms with Gasteiger partial charge in [0.15, 0.2) is 5.82 Å². The van der Waals surface area contributed by atoms with Crippen molar-refractivity contribution in [2.24, 2.45) is 0 Å². The second kappa shape index (κ2) is 20.3. The third-order valence-electron chi connectivity index (χ3n) is 13.5. The molecule has 0 N–H and O–H groups in total. The number of anilines is 3. The Morgan fingerprint density at radius 2 is 0.411 bits per heavy atom. The molecule has 11 aromatic carbocycles. The first-order valence-corrected chi connectivity index (χ1v) is 24.8. The first-order valence-electron chi connectivity index (χ1n) is 24.8. The summed E-state index contributed by atoms with van der Waals surface area (Å²) in [4.78, 5) is 12.5. The Hall–Kier alpha value is -9.70. The van der Waals surface area contributed by atoms with E-state index in [1.54, 1.807) is 0 Å². The van der Waals surface area contributed by atoms with E-state index >= 15 is 0 Å². The van der Waals surface area contributed by atoms with Gasteiger partial charge in [-0.05, 0) is 121 Å². The fraction of sp³-hybridized carbons (Fsp3) is 0. The Labute approximate surface area is 427 Å². The molecular formula is C70H49N3. The Kier molecular flexibility index (Phi) is 12.4. The van der Waals surface area contributed by atoms with Crippen LogP contribution in [0.5, 0.6) is 0 Å². The molecule has 12 aromatic rings. The van der Waals surface area contributed by atoms with E-state index in [0.29, 0.717) is 5.82 Å². The summed E-state index contributed by atoms with van der Waals surface area (Å²) in [5.41, 5.74) is 22.2. The largest absolute Gasteiger partial charge is 0.311 e. The van der Waals surface area contributed by atoms with Gasteiger partial charge in [-0.3, -0.25) is 0 Å². The van der Waals surface area contributed by atoms with Crippen LogP contribution in [0.3, 0.4) is 0 Å². The highest BCUT2D eigenvalue weighted by atomic mass is 15.1. The molecule has 3 nitrogen and oxygen atoms in total. The van der Waals surface area contributed by atoms with Crippen molar-refractivity contribution in [1.29, 1.82) is 0 Å². The van der Waals surface area contributed by atoms with E-state index in [9.17, 15) is 0 Å². The molecule has 0 radical (unpaired) electrons. The van der Waals surface area contributed by atoms with Crippen LogP contribution in [0, 0.1) is 0 Å². The predicted molar refractivity (Wildman–Crippen MR) is 306 cm³/mol. The minimum atomic E-state index is 0.697. The van der Waals surface area contributed by atoms with Gasteiger partial charge in [0, 0.05) is 33.8 Å². The van der Waals surface area contributed by atoms with Gasteiger partial charge >= 0.3 is 0 Å². The van der Waals surface area contributed by atoms with Crippen LogP contribution in [0.15, 0.2) is 297 Å². The standard InChI is InChI=1S/C70H49N3/c1-5-15-50(16-6-1)53-27-31-58(32-28-53)68-49-69(72-70(71-68)60-21-11-4-12-22-60)59-33-29-54(30-34-59)55-35-41-65(42-36-55)73(66-43-37-56(38-44-66)63-25-13-23-61(47-63)51-17-7-2-8-18-51)67-45-39-57(40-46-67)64-26-14-24-62(48-64)52-19-9-3-10-20-52/h1-49H. The molecule has 3 heteroatoms. The summed E-state index contributed by atoms with van der Waals surface area (Å²) < 4.78 is 0. The van der Waals surface area contributed by atoms with Gasteiger partial charge in [0.2, 0.25) is 0 Å². The van der Waals surface area contributed by atoms with Gasteiger partial charge in [-0.15, -0.1) is 0 Å². The first-order chi connectivity index (χ1) is 36.1. The molecule has 0 saturated heterocycles. The number of hydrogen-bond acceptors (Lipinski definition) is 3. The lowest BCUT2D eigenvalue weighted by Gasteiger charge is -2.26. The minimum Gasteiger partial charge on any atom is -0.311 e. The lowest BCUT2D eigenvalue weighted by molar-refractivity contribution is 1.18. The summed E-state index contributed by atoms with van der Waals surface area (Å²) in [7, 11) is 0. The fourth-order valence-corrected chi connectivity index (χ4v) is 9.63. The lowest BCUT2D eigenvalue weighted by atomic mass is 9.98. The quantitative estimate of drug-likeness (QED) is 0.122. The third kappa shape index (κ3) is 9.77. The Bertz CT molecular complexity index is 3640. The summed E-state index contributed by atoms with van der Waals surface area (Å²) >= 11 is 0. The molecule has 344 valence electrons. The summed E-state index contributed by atoms with van der Waals surface area (Å²) in [6, 6.07) is 106. The zero-order valence-corrected chi connectivity index (χ0v) is 40.1. The van der Waals surface area contributed by atoms with Gasteiger partial charge in [-0.2, -0.15) is 0 Å². The van der Waals surface area contributed by atoms with Crippen molar-refractivity contribution < 1.29 is 0 Å². The topological polar surface area (TPSA) is 29.0 Å². The van der Waals surface area contributed by atoms with E-state index in [0.717, 1.165) is 56.3 Å². The van der Waals surface area contributed by atoms with Crippen LogP contribution >= 0.6 is 0 Å². The van der Waals surface area contributed by atoms with Gasteiger partial charge < -0.3 is 4.90 Å². The van der Waals surface area contributed by atoms with Crippen molar-refractivity contribution >= 4 is 17.1 Å². The van der Waals surface area contributed by atoms with Crippen LogP contribution in [-0.4, -0.2) is 9.97 Å². The number of nitrogens with zero attached hydrogens (tertiary/aromatic N) is 3. The summed E-state index contributed by atoms with van der Waals surface area (Å²) in [6.45, 7) is 0. The first kappa shape index (κ1) is 44.5. The van der Waals surface area contributed by atoms with Crippen LogP contribution in [-0.2, 0) is 0 Å². The molecular weight excluding hydrogens is 883 g/mol. The molecule has 12 rings (SSSR count). The van der Waals surface area contributed by atoms with Crippen LogP contribution < -0.4 is 4.90 Å². The average molecular weight is 932 g/mol. The maximum atomic E-state index is 5.12. The monoisotopic (exact) mass is 931 g/mol. The lowest BCUT2D eigenvalue weighted by Crippen LogP contribution is -2.09. The molecule has 0 aliphatic heterocycles. The fourth-order valence-electron chi connectivity index (χ4n) is 9.63. The predicted octanol–water partition coefficient (Wildman–Crippen LogP) is 18.9. The number of benzene rings is 11. The number of aromatic nitrogens is 2. The molecule has 0 bridgehead atoms. The molecule has 1 aromatic heterocycles. The van der Waals surface area contributed by atoms with Gasteiger partial charge in [0.05, 0.1) is 11.4 Å². The molecule has 0 saturated carbocycles. The van der Waals surface area contributed by atoms with E-state index in [-0.39, 0.29) is 0 Å². The molecule has 0 aliphatic rings. The van der Waals surface area contributed by atoms with Crippen molar-refractivity contribution in [3.05, 3.63) is 297 Å². The second-order valence-electron chi connectivity index (χ2n) is 18.2. The molecule has 0 amide bonds. The maximum absolute atomic E-state index is 5.12. The van der Waals surface area contributed by atoms with Crippen molar-refractivity contribution in [1.82, 2.24) is 9.97 Å². The van der Waals surface area contributed by atoms with E-state index in [4.69, 9.17) is 9.97 Å². The average Bonchev–Trinajstić information content (AvgIpc) is 3.49. The molecule has 0 unspecified atom stereocenters. The van der Waals surface area contributed by atoms with Crippen molar-refractivity contribution in [3.63, 3.8) is 0 Å². The number of rotatable bonds is 12. The molecule has 0 atom stereocenters. The Morgan fingerprint density at radius 1 is 0.178 bits per heavy atom. The van der Waals surface area contributed by atoms with Crippen LogP contribution in [0.2, 0.25) is 0 Å². The maximum Gasteiger partial charge on any atom is 0.160 e. The number of hydrogen-bond donors (Lipinski definition) is 0. The molecule has 0 fully saturated rings. The summed E-state index contributed by atoms with van der Waals surface area (Å²) in [6.07, 6.45) is 0. The normalized spacial score (nSPS) is 11.0. The van der Waals surface area contributed by atoms with E-state index in [1.807, 2.05) is 24.3 Å². The van der Waals surface area contributed by atoms with E-state index < -0.39 is 0 Å². The second-order valence-corrected chi connectivity index (χ2v) is 18.2. The Morgan fingerprint density at radius 3 is 0.740 bits per heavy atom. The summed E-state index contributed by atoms with van der Waals surface area (Å²) in [5, 5.41) is 0. The van der Waals surface area contributed by atoms with Gasteiger partial charge in [0.1, 0.15) is 0 Å². The van der Waals surface area contributed by atoms with E-state index in [2.05, 4.69) is 278 Å². The highest BCUT2D eigenvalue weighted by Crippen LogP contribution is 2.39. The molecule has 73 heavy (non-hydrogen) atoms. The zero-order valence-electron chi connectivity index (χ0n) is 40.1. The van der Waals surface area contributed by atoms with Gasteiger partial charge in [-0.25, -0.2) is 9.97 Å². The van der Waals surface area contributed by atoms with Crippen LogP contribution in [0.4, 0.5) is 17.1 Å². The SMILES string of the molecule is c1ccc(-c2ccc(-c3cc(-c4ccc(-c5ccc(N(c6ccc(-c7cccc(-c8ccccc8)c7)cc6)c6ccc(-c7cccc(-c8ccccc8)c7)cc6)cc5)cc4)nc(-c4ccccc4)n3)cc2)cc1. The smallest absolute Gasteiger partial charge is 0.160 e. The third-order valence-corrected chi connectivity index (χ3v) is 13.5. The van der Waals surface area contributed by atoms with Gasteiger partial charge in [0.25, 0.3) is 0 Å². The van der Waals surface area contributed by atoms with Crippen molar-refractivity contribution in [2.45, 2.75) is 0 Å². The van der Waals surface area contributed by atoms with Crippen molar-refractivity contribution in [3.8, 4) is 101 Å². The molecule has 0 aliphatic carbocycles. The summed E-state index contributed by atoms with van der Waals surface area (Å²) in [5.74, 6) is 0.697. The van der Waals surface area contributed by atoms with Crippen molar-refractivity contribution in [2.75, 3.05) is 4.90 Å². The van der Waals surface area contributed by atoms with E-state index in [1.165, 1.54) is 55.6 Å². The highest BCUT2D eigenvalue weighted by Gasteiger charge is 2.16. The molecule has 1 heterocycles. The molecule has 0 spiro atoms. The van der Waals surface area contributed by atoms with Crippen LogP contribution in [0.25, 0.3) is 101 Å². The zero-order chi connectivity index (χ0) is 48.8. The highest BCUT2D eigenvalue weighted by molar-refractivity contribution is 5.83. The van der Waals surface area contributed by atoms with Crippen LogP contribution in [0.1, 0.15) is 0 Å².